The molecule has 0 radical (unpaired) electrons. The van der Waals surface area contributed by atoms with E-state index in [2.05, 4.69) is 0 Å². The maximum absolute atomic E-state index is 12.5. The highest BCUT2D eigenvalue weighted by atomic mass is 16.4. The highest BCUT2D eigenvalue weighted by Gasteiger charge is 2.45. The van der Waals surface area contributed by atoms with Crippen LogP contribution < -0.4 is 0 Å². The molecule has 1 heterocycles. The molecule has 1 amide bonds. The van der Waals surface area contributed by atoms with Gasteiger partial charge in [-0.3, -0.25) is 9.59 Å². The number of hydrogen-bond acceptors (Lipinski definition) is 2. The molecule has 21 heavy (non-hydrogen) atoms. The van der Waals surface area contributed by atoms with Gasteiger partial charge < -0.3 is 10.0 Å². The molecule has 0 spiro atoms. The van der Waals surface area contributed by atoms with Gasteiger partial charge in [0.05, 0.1) is 12.0 Å². The van der Waals surface area contributed by atoms with Crippen LogP contribution in [0.5, 0.6) is 0 Å². The van der Waals surface area contributed by atoms with E-state index in [1.165, 1.54) is 0 Å². The van der Waals surface area contributed by atoms with Crippen LogP contribution in [0.4, 0.5) is 0 Å². The molecule has 112 valence electrons. The number of hydrogen-bond donors (Lipinski definition) is 1. The van der Waals surface area contributed by atoms with Crippen molar-refractivity contribution in [1.29, 1.82) is 0 Å². The second kappa shape index (κ2) is 5.51. The summed E-state index contributed by atoms with van der Waals surface area (Å²) in [6, 6.07) is 7.78. The molecule has 2 atom stereocenters. The highest BCUT2D eigenvalue weighted by molar-refractivity contribution is 5.80. The Bertz CT molecular complexity index is 565. The van der Waals surface area contributed by atoms with Gasteiger partial charge in [-0.25, -0.2) is 0 Å². The third-order valence-corrected chi connectivity index (χ3v) is 4.64. The van der Waals surface area contributed by atoms with Crippen molar-refractivity contribution in [3.63, 3.8) is 0 Å². The molecule has 1 aliphatic carbocycles. The van der Waals surface area contributed by atoms with Crippen molar-refractivity contribution < 1.29 is 14.7 Å². The first-order valence-corrected chi connectivity index (χ1v) is 7.69. The van der Waals surface area contributed by atoms with E-state index < -0.39 is 11.9 Å². The molecular weight excluding hydrogens is 266 g/mol. The Morgan fingerprint density at radius 3 is 2.57 bits per heavy atom. The molecule has 2 aliphatic rings. The SMILES string of the molecule is Cc1ccccc1C1C(C(=O)O)CCCC(=O)N1C1CC1. The summed E-state index contributed by atoms with van der Waals surface area (Å²) in [4.78, 5) is 26.1. The number of carbonyl (C=O) groups is 2. The molecule has 0 bridgehead atoms. The van der Waals surface area contributed by atoms with Crippen LogP contribution in [-0.4, -0.2) is 27.9 Å². The van der Waals surface area contributed by atoms with Crippen molar-refractivity contribution in [2.24, 2.45) is 5.92 Å². The van der Waals surface area contributed by atoms with Crippen LogP contribution >= 0.6 is 0 Å². The van der Waals surface area contributed by atoms with Crippen molar-refractivity contribution in [3.05, 3.63) is 35.4 Å². The number of likely N-dealkylation sites (tertiary alicyclic amines) is 1. The molecule has 1 saturated heterocycles. The largest absolute Gasteiger partial charge is 0.481 e. The van der Waals surface area contributed by atoms with E-state index in [0.29, 0.717) is 19.3 Å². The third kappa shape index (κ3) is 2.67. The Morgan fingerprint density at radius 1 is 1.24 bits per heavy atom. The minimum absolute atomic E-state index is 0.120. The Labute approximate surface area is 124 Å². The van der Waals surface area contributed by atoms with Crippen molar-refractivity contribution in [1.82, 2.24) is 4.90 Å². The fourth-order valence-corrected chi connectivity index (χ4v) is 3.44. The van der Waals surface area contributed by atoms with E-state index in [0.717, 1.165) is 24.0 Å². The molecule has 4 nitrogen and oxygen atoms in total. The van der Waals surface area contributed by atoms with E-state index in [4.69, 9.17) is 0 Å². The smallest absolute Gasteiger partial charge is 0.308 e. The lowest BCUT2D eigenvalue weighted by Crippen LogP contribution is -2.40. The number of amides is 1. The van der Waals surface area contributed by atoms with Gasteiger partial charge in [0.25, 0.3) is 0 Å². The fourth-order valence-electron chi connectivity index (χ4n) is 3.44. The predicted molar refractivity (Wildman–Crippen MR) is 78.8 cm³/mol. The topological polar surface area (TPSA) is 57.6 Å². The predicted octanol–water partition coefficient (Wildman–Crippen LogP) is 2.91. The molecule has 2 fully saturated rings. The number of carboxylic acids is 1. The Morgan fingerprint density at radius 2 is 1.95 bits per heavy atom. The molecule has 1 aromatic carbocycles. The second-order valence-electron chi connectivity index (χ2n) is 6.17. The third-order valence-electron chi connectivity index (χ3n) is 4.64. The number of rotatable bonds is 3. The van der Waals surface area contributed by atoms with E-state index in [-0.39, 0.29) is 18.0 Å². The normalized spacial score (nSPS) is 26.5. The summed E-state index contributed by atoms with van der Waals surface area (Å²) in [5.41, 5.74) is 2.06. The van der Waals surface area contributed by atoms with Gasteiger partial charge in [0.1, 0.15) is 0 Å². The average Bonchev–Trinajstić information content (AvgIpc) is 3.26. The summed E-state index contributed by atoms with van der Waals surface area (Å²) in [5.74, 6) is -1.17. The van der Waals surface area contributed by atoms with Crippen LogP contribution in [-0.2, 0) is 9.59 Å². The van der Waals surface area contributed by atoms with Crippen molar-refractivity contribution in [3.8, 4) is 0 Å². The lowest BCUT2D eigenvalue weighted by Gasteiger charge is -2.35. The Balaban J connectivity index is 2.08. The van der Waals surface area contributed by atoms with Crippen LogP contribution in [0, 0.1) is 12.8 Å². The highest BCUT2D eigenvalue weighted by Crippen LogP contribution is 2.43. The van der Waals surface area contributed by atoms with Crippen LogP contribution in [0.3, 0.4) is 0 Å². The number of aryl methyl sites for hydroxylation is 1. The number of benzene rings is 1. The van der Waals surface area contributed by atoms with Gasteiger partial charge >= 0.3 is 5.97 Å². The van der Waals surface area contributed by atoms with Crippen molar-refractivity contribution >= 4 is 11.9 Å². The fraction of sp³-hybridized carbons (Fsp3) is 0.529. The molecule has 2 unspecified atom stereocenters. The molecular formula is C17H21NO3. The first kappa shape index (κ1) is 14.1. The maximum Gasteiger partial charge on any atom is 0.308 e. The lowest BCUT2D eigenvalue weighted by atomic mass is 9.87. The molecule has 4 heteroatoms. The maximum atomic E-state index is 12.5. The summed E-state index contributed by atoms with van der Waals surface area (Å²) in [7, 11) is 0. The van der Waals surface area contributed by atoms with Gasteiger partial charge in [-0.05, 0) is 43.7 Å². The van der Waals surface area contributed by atoms with E-state index in [1.54, 1.807) is 0 Å². The zero-order valence-corrected chi connectivity index (χ0v) is 12.3. The second-order valence-corrected chi connectivity index (χ2v) is 6.17. The van der Waals surface area contributed by atoms with Crippen LogP contribution in [0.15, 0.2) is 24.3 Å². The summed E-state index contributed by atoms with van der Waals surface area (Å²) in [5, 5.41) is 9.65. The van der Waals surface area contributed by atoms with E-state index in [1.807, 2.05) is 36.1 Å². The lowest BCUT2D eigenvalue weighted by molar-refractivity contribution is -0.146. The summed E-state index contributed by atoms with van der Waals surface area (Å²) < 4.78 is 0. The van der Waals surface area contributed by atoms with E-state index in [9.17, 15) is 14.7 Å². The van der Waals surface area contributed by atoms with Gasteiger partial charge in [-0.2, -0.15) is 0 Å². The number of aliphatic carboxylic acids is 1. The van der Waals surface area contributed by atoms with Gasteiger partial charge in [-0.1, -0.05) is 24.3 Å². The van der Waals surface area contributed by atoms with Gasteiger partial charge in [0.15, 0.2) is 0 Å². The zero-order chi connectivity index (χ0) is 15.0. The summed E-state index contributed by atoms with van der Waals surface area (Å²) in [6.07, 6.45) is 3.72. The molecule has 1 N–H and O–H groups in total. The number of carboxylic acid groups (broad SMARTS) is 1. The first-order valence-electron chi connectivity index (χ1n) is 7.69. The number of nitrogens with zero attached hydrogens (tertiary/aromatic N) is 1. The molecule has 3 rings (SSSR count). The van der Waals surface area contributed by atoms with Crippen LogP contribution in [0.1, 0.15) is 49.3 Å². The Kier molecular flexibility index (Phi) is 3.70. The summed E-state index contributed by atoms with van der Waals surface area (Å²) >= 11 is 0. The van der Waals surface area contributed by atoms with Gasteiger partial charge in [0, 0.05) is 12.5 Å². The van der Waals surface area contributed by atoms with Crippen molar-refractivity contribution in [2.75, 3.05) is 0 Å². The monoisotopic (exact) mass is 287 g/mol. The zero-order valence-electron chi connectivity index (χ0n) is 12.3. The standard InChI is InChI=1S/C17H21NO3/c1-11-5-2-3-6-13(11)16-14(17(20)21)7-4-8-15(19)18(16)12-9-10-12/h2-3,5-6,12,14,16H,4,7-10H2,1H3,(H,20,21). The van der Waals surface area contributed by atoms with Crippen molar-refractivity contribution in [2.45, 2.75) is 51.1 Å². The molecule has 1 saturated carbocycles. The average molecular weight is 287 g/mol. The van der Waals surface area contributed by atoms with E-state index >= 15 is 0 Å². The minimum Gasteiger partial charge on any atom is -0.481 e. The van der Waals surface area contributed by atoms with Gasteiger partial charge in [0.2, 0.25) is 5.91 Å². The number of carbonyl (C=O) groups excluding carboxylic acids is 1. The van der Waals surface area contributed by atoms with Gasteiger partial charge in [-0.15, -0.1) is 0 Å². The van der Waals surface area contributed by atoms with Crippen LogP contribution in [0.25, 0.3) is 0 Å². The quantitative estimate of drug-likeness (QED) is 0.930. The molecule has 1 aliphatic heterocycles. The molecule has 0 aromatic heterocycles. The van der Waals surface area contributed by atoms with Crippen LogP contribution in [0.2, 0.25) is 0 Å². The molecule has 1 aromatic rings. The first-order chi connectivity index (χ1) is 10.1. The minimum atomic E-state index is -0.788. The summed E-state index contributed by atoms with van der Waals surface area (Å²) in [6.45, 7) is 1.99. The Hall–Kier alpha value is -1.84.